The summed E-state index contributed by atoms with van der Waals surface area (Å²) in [6, 6.07) is 84.9. The molecule has 0 amide bonds. The van der Waals surface area contributed by atoms with Crippen LogP contribution in [0.15, 0.2) is 224 Å². The predicted octanol–water partition coefficient (Wildman–Crippen LogP) is 17.9. The number of rotatable bonds is 6. The summed E-state index contributed by atoms with van der Waals surface area (Å²) in [5.41, 5.74) is 22.4. The number of fused-ring (bicyclic) bond motifs is 16. The van der Waals surface area contributed by atoms with E-state index in [-0.39, 0.29) is 0 Å². The van der Waals surface area contributed by atoms with Crippen LogP contribution >= 0.6 is 0 Å². The molecule has 0 saturated heterocycles. The first-order valence-corrected chi connectivity index (χ1v) is 24.5. The van der Waals surface area contributed by atoms with Crippen LogP contribution in [0.2, 0.25) is 0 Å². The molecular formula is C67H49N3. The molecule has 0 radical (unpaired) electrons. The first-order chi connectivity index (χ1) is 34.4. The average Bonchev–Trinajstić information content (AvgIpc) is 3.89. The lowest BCUT2D eigenvalue weighted by molar-refractivity contribution is 0.749. The Balaban J connectivity index is 1.20. The van der Waals surface area contributed by atoms with E-state index in [0.29, 0.717) is 0 Å². The monoisotopic (exact) mass is 895 g/mol. The summed E-state index contributed by atoms with van der Waals surface area (Å²) in [7, 11) is 0. The second kappa shape index (κ2) is 15.2. The fourth-order valence-electron chi connectivity index (χ4n) is 12.3. The van der Waals surface area contributed by atoms with Gasteiger partial charge in [0.25, 0.3) is 0 Å². The van der Waals surface area contributed by atoms with Crippen molar-refractivity contribution < 1.29 is 0 Å². The molecule has 14 rings (SSSR count). The highest BCUT2D eigenvalue weighted by atomic mass is 15.2. The Morgan fingerprint density at radius 2 is 0.686 bits per heavy atom. The minimum atomic E-state index is -0.749. The van der Waals surface area contributed by atoms with Crippen molar-refractivity contribution in [2.45, 2.75) is 33.1 Å². The van der Waals surface area contributed by atoms with Crippen LogP contribution in [0.1, 0.15) is 44.5 Å². The van der Waals surface area contributed by atoms with Crippen molar-refractivity contribution in [3.8, 4) is 16.8 Å². The summed E-state index contributed by atoms with van der Waals surface area (Å²) in [4.78, 5) is 4.98. The Labute approximate surface area is 408 Å². The Kier molecular flexibility index (Phi) is 8.76. The second-order valence-electron chi connectivity index (χ2n) is 19.6. The zero-order valence-corrected chi connectivity index (χ0v) is 39.7. The van der Waals surface area contributed by atoms with Crippen LogP contribution in [0.5, 0.6) is 0 Å². The van der Waals surface area contributed by atoms with Gasteiger partial charge in [-0.1, -0.05) is 174 Å². The van der Waals surface area contributed by atoms with Crippen molar-refractivity contribution in [3.05, 3.63) is 269 Å². The number of anilines is 6. The van der Waals surface area contributed by atoms with Gasteiger partial charge in [-0.3, -0.25) is 0 Å². The third kappa shape index (κ3) is 5.63. The minimum Gasteiger partial charge on any atom is -0.310 e. The van der Waals surface area contributed by atoms with Crippen molar-refractivity contribution in [2.24, 2.45) is 0 Å². The van der Waals surface area contributed by atoms with E-state index in [1.807, 2.05) is 0 Å². The first-order valence-electron chi connectivity index (χ1n) is 24.5. The first kappa shape index (κ1) is 40.4. The third-order valence-electron chi connectivity index (χ3n) is 15.4. The lowest BCUT2D eigenvalue weighted by Gasteiger charge is -2.40. The number of hydrogen-bond donors (Lipinski definition) is 0. The van der Waals surface area contributed by atoms with Crippen molar-refractivity contribution in [3.63, 3.8) is 0 Å². The maximum atomic E-state index is 2.58. The summed E-state index contributed by atoms with van der Waals surface area (Å²) >= 11 is 0. The van der Waals surface area contributed by atoms with Crippen LogP contribution in [-0.4, -0.2) is 4.57 Å². The molecule has 70 heavy (non-hydrogen) atoms. The van der Waals surface area contributed by atoms with Crippen LogP contribution in [0.25, 0.3) is 60.2 Å². The quantitative estimate of drug-likeness (QED) is 0.165. The molecule has 1 spiro atoms. The summed E-state index contributed by atoms with van der Waals surface area (Å²) in [5, 5.41) is 7.41. The molecule has 1 aromatic heterocycles. The highest BCUT2D eigenvalue weighted by Gasteiger charge is 2.53. The van der Waals surface area contributed by atoms with E-state index in [1.54, 1.807) is 0 Å². The van der Waals surface area contributed by atoms with Gasteiger partial charge in [-0.25, -0.2) is 0 Å². The molecule has 0 saturated carbocycles. The van der Waals surface area contributed by atoms with E-state index >= 15 is 0 Å². The van der Waals surface area contributed by atoms with Crippen molar-refractivity contribution in [1.82, 2.24) is 4.57 Å². The van der Waals surface area contributed by atoms with Gasteiger partial charge in [0.1, 0.15) is 0 Å². The molecule has 2 aliphatic rings. The molecule has 0 N–H and O–H groups in total. The van der Waals surface area contributed by atoms with E-state index in [0.717, 1.165) is 34.1 Å². The summed E-state index contributed by atoms with van der Waals surface area (Å²) < 4.78 is 2.55. The van der Waals surface area contributed by atoms with Crippen molar-refractivity contribution in [1.29, 1.82) is 0 Å². The molecule has 332 valence electrons. The third-order valence-corrected chi connectivity index (χ3v) is 15.4. The van der Waals surface area contributed by atoms with Gasteiger partial charge in [-0.05, 0) is 145 Å². The molecule has 0 unspecified atom stereocenters. The summed E-state index contributed by atoms with van der Waals surface area (Å²) in [5.74, 6) is 0. The number of aryl methyl sites for hydroxylation is 4. The maximum Gasteiger partial charge on any atom is 0.0756 e. The number of benzene rings is 11. The van der Waals surface area contributed by atoms with E-state index in [9.17, 15) is 0 Å². The molecule has 1 aliphatic heterocycles. The molecular weight excluding hydrogens is 847 g/mol. The van der Waals surface area contributed by atoms with Gasteiger partial charge in [-0.15, -0.1) is 0 Å². The lowest BCUT2D eigenvalue weighted by atomic mass is 9.65. The zero-order chi connectivity index (χ0) is 46.8. The van der Waals surface area contributed by atoms with Gasteiger partial charge in [0, 0.05) is 44.3 Å². The Hall–Kier alpha value is -8.66. The predicted molar refractivity (Wildman–Crippen MR) is 295 cm³/mol. The van der Waals surface area contributed by atoms with E-state index in [1.165, 1.54) is 105 Å². The highest BCUT2D eigenvalue weighted by Crippen LogP contribution is 2.65. The molecule has 2 heterocycles. The Morgan fingerprint density at radius 1 is 0.314 bits per heavy atom. The smallest absolute Gasteiger partial charge is 0.0756 e. The van der Waals surface area contributed by atoms with Crippen molar-refractivity contribution >= 4 is 77.5 Å². The van der Waals surface area contributed by atoms with Crippen molar-refractivity contribution in [2.75, 3.05) is 9.80 Å². The van der Waals surface area contributed by atoms with E-state index in [2.05, 4.69) is 267 Å². The van der Waals surface area contributed by atoms with Gasteiger partial charge >= 0.3 is 0 Å². The number of hydrogen-bond acceptors (Lipinski definition) is 2. The van der Waals surface area contributed by atoms with E-state index in [4.69, 9.17) is 0 Å². The fourth-order valence-corrected chi connectivity index (χ4v) is 12.3. The standard InChI is InChI=1S/C67H49N3/c1-42-24-32-46(33-25-42)68(47-34-26-43(2)27-35-47)62-40-58-64(53-17-7-5-14-50(53)62)65-54-18-8-6-15-51(54)63(69(48-36-28-44(3)29-37-48)49-38-30-45(4)31-39-49)41-59(65)67(58)56-20-10-12-23-61(56)70-60-22-11-9-16-52(60)55-19-13-21-57(67)66(55)70/h5-41H,1-4H3. The highest BCUT2D eigenvalue weighted by molar-refractivity contribution is 6.20. The molecule has 3 heteroatoms. The molecule has 3 nitrogen and oxygen atoms in total. The molecule has 1 aliphatic carbocycles. The summed E-state index contributed by atoms with van der Waals surface area (Å²) in [6.07, 6.45) is 0. The van der Waals surface area contributed by atoms with Crippen LogP contribution < -0.4 is 9.80 Å². The zero-order valence-electron chi connectivity index (χ0n) is 39.7. The van der Waals surface area contributed by atoms with Crippen LogP contribution in [-0.2, 0) is 5.41 Å². The van der Waals surface area contributed by atoms with E-state index < -0.39 is 5.41 Å². The largest absolute Gasteiger partial charge is 0.310 e. The van der Waals surface area contributed by atoms with Gasteiger partial charge in [0.2, 0.25) is 0 Å². The lowest BCUT2D eigenvalue weighted by Crippen LogP contribution is -2.34. The SMILES string of the molecule is Cc1ccc(N(c2ccc(C)cc2)c2cc3c(c4ccccc24)-c2c(cc(N(c4ccc(C)cc4)c4ccc(C)cc4)c4ccccc24)C32c3ccccc3-n3c4ccccc4c4cccc2c43)cc1. The van der Waals surface area contributed by atoms with Crippen LogP contribution in [0.3, 0.4) is 0 Å². The summed E-state index contributed by atoms with van der Waals surface area (Å²) in [6.45, 7) is 8.68. The van der Waals surface area contributed by atoms with Crippen LogP contribution in [0, 0.1) is 27.7 Å². The van der Waals surface area contributed by atoms with Gasteiger partial charge < -0.3 is 14.4 Å². The number of nitrogens with zero attached hydrogens (tertiary/aromatic N) is 3. The molecule has 0 bridgehead atoms. The fraction of sp³-hybridized carbons (Fsp3) is 0.0746. The van der Waals surface area contributed by atoms with Crippen LogP contribution in [0.4, 0.5) is 34.1 Å². The Bertz CT molecular complexity index is 3810. The number of aromatic nitrogens is 1. The molecule has 0 fully saturated rings. The van der Waals surface area contributed by atoms with Gasteiger partial charge in [-0.2, -0.15) is 0 Å². The van der Waals surface area contributed by atoms with Gasteiger partial charge in [0.15, 0.2) is 0 Å². The topological polar surface area (TPSA) is 11.4 Å². The molecule has 11 aromatic carbocycles. The molecule has 12 aromatic rings. The molecule has 0 atom stereocenters. The maximum absolute atomic E-state index is 2.58. The normalized spacial score (nSPS) is 13.0. The Morgan fingerprint density at radius 3 is 1.16 bits per heavy atom. The second-order valence-corrected chi connectivity index (χ2v) is 19.6. The average molecular weight is 896 g/mol. The minimum absolute atomic E-state index is 0.749. The van der Waals surface area contributed by atoms with Gasteiger partial charge in [0.05, 0.1) is 33.5 Å². The number of para-hydroxylation sites is 3.